The van der Waals surface area contributed by atoms with Gasteiger partial charge in [0, 0.05) is 11.6 Å². The number of benzene rings is 2. The Morgan fingerprint density at radius 3 is 2.60 bits per heavy atom. The molecule has 0 N–H and O–H groups in total. The maximum absolute atomic E-state index is 11.7. The smallest absolute Gasteiger partial charge is 0.344 e. The van der Waals surface area contributed by atoms with Gasteiger partial charge in [-0.2, -0.15) is 5.26 Å². The maximum atomic E-state index is 11.7. The van der Waals surface area contributed by atoms with E-state index in [4.69, 9.17) is 19.3 Å². The Balaban J connectivity index is 1.47. The van der Waals surface area contributed by atoms with Crippen LogP contribution in [-0.4, -0.2) is 17.7 Å². The molecule has 6 heteroatoms. The Hall–Kier alpha value is -3.59. The highest BCUT2D eigenvalue weighted by Gasteiger charge is 2.10. The van der Waals surface area contributed by atoms with Crippen molar-refractivity contribution in [3.05, 3.63) is 71.9 Å². The Kier molecular flexibility index (Phi) is 5.07. The molecule has 2 aromatic carbocycles. The SMILES string of the molecule is N#Cc1ccc(OCC(=O)OCc2cc(-c3ccccc3)on2)cc1. The molecule has 25 heavy (non-hydrogen) atoms. The summed E-state index contributed by atoms with van der Waals surface area (Å²) in [7, 11) is 0. The summed E-state index contributed by atoms with van der Waals surface area (Å²) in [6.07, 6.45) is 0. The van der Waals surface area contributed by atoms with Crippen LogP contribution in [0, 0.1) is 11.3 Å². The lowest BCUT2D eigenvalue weighted by molar-refractivity contribution is -0.147. The van der Waals surface area contributed by atoms with E-state index in [0.717, 1.165) is 5.56 Å². The molecule has 1 aromatic heterocycles. The van der Waals surface area contributed by atoms with Gasteiger partial charge in [0.1, 0.15) is 18.1 Å². The summed E-state index contributed by atoms with van der Waals surface area (Å²) in [4.78, 5) is 11.7. The molecule has 0 aliphatic carbocycles. The molecule has 0 atom stereocenters. The normalized spacial score (nSPS) is 10.0. The minimum absolute atomic E-state index is 0.00585. The predicted molar refractivity (Wildman–Crippen MR) is 88.4 cm³/mol. The highest BCUT2D eigenvalue weighted by Crippen LogP contribution is 2.20. The summed E-state index contributed by atoms with van der Waals surface area (Å²) in [6.45, 7) is -0.221. The molecule has 0 aliphatic heterocycles. The van der Waals surface area contributed by atoms with Crippen molar-refractivity contribution in [2.24, 2.45) is 0 Å². The Labute approximate surface area is 144 Å². The Morgan fingerprint density at radius 2 is 1.88 bits per heavy atom. The molecule has 3 rings (SSSR count). The van der Waals surface area contributed by atoms with E-state index in [0.29, 0.717) is 22.8 Å². The Morgan fingerprint density at radius 1 is 1.12 bits per heavy atom. The van der Waals surface area contributed by atoms with Crippen LogP contribution < -0.4 is 4.74 Å². The summed E-state index contributed by atoms with van der Waals surface area (Å²) < 4.78 is 15.6. The number of carbonyl (C=O) groups is 1. The fourth-order valence-electron chi connectivity index (χ4n) is 2.08. The second-order valence-corrected chi connectivity index (χ2v) is 5.13. The fourth-order valence-corrected chi connectivity index (χ4v) is 2.08. The zero-order valence-corrected chi connectivity index (χ0v) is 13.2. The number of hydrogen-bond acceptors (Lipinski definition) is 6. The van der Waals surface area contributed by atoms with Gasteiger partial charge in [-0.15, -0.1) is 0 Å². The molecule has 0 saturated heterocycles. The highest BCUT2D eigenvalue weighted by atomic mass is 16.6. The van der Waals surface area contributed by atoms with Crippen molar-refractivity contribution >= 4 is 5.97 Å². The third kappa shape index (κ3) is 4.45. The number of hydrogen-bond donors (Lipinski definition) is 0. The monoisotopic (exact) mass is 334 g/mol. The molecule has 0 radical (unpaired) electrons. The van der Waals surface area contributed by atoms with E-state index < -0.39 is 5.97 Å². The first-order valence-electron chi connectivity index (χ1n) is 7.54. The van der Waals surface area contributed by atoms with Gasteiger partial charge in [-0.3, -0.25) is 0 Å². The van der Waals surface area contributed by atoms with Crippen molar-refractivity contribution in [3.63, 3.8) is 0 Å². The number of carbonyl (C=O) groups excluding carboxylic acids is 1. The molecular weight excluding hydrogens is 320 g/mol. The summed E-state index contributed by atoms with van der Waals surface area (Å²) in [5.74, 6) is 0.581. The topological polar surface area (TPSA) is 85.3 Å². The molecule has 3 aromatic rings. The molecule has 1 heterocycles. The van der Waals surface area contributed by atoms with Crippen molar-refractivity contribution in [1.82, 2.24) is 5.16 Å². The summed E-state index contributed by atoms with van der Waals surface area (Å²) in [6, 6.07) is 19.7. The van der Waals surface area contributed by atoms with Gasteiger partial charge in [0.15, 0.2) is 12.4 Å². The quantitative estimate of drug-likeness (QED) is 0.643. The first kappa shape index (κ1) is 16.3. The van der Waals surface area contributed by atoms with E-state index in [9.17, 15) is 4.79 Å². The molecule has 0 bridgehead atoms. The molecule has 6 nitrogen and oxygen atoms in total. The molecule has 0 spiro atoms. The average molecular weight is 334 g/mol. The minimum atomic E-state index is -0.520. The van der Waals surface area contributed by atoms with Crippen LogP contribution in [0.15, 0.2) is 65.2 Å². The number of nitriles is 1. The van der Waals surface area contributed by atoms with Gasteiger partial charge in [-0.1, -0.05) is 35.5 Å². The van der Waals surface area contributed by atoms with Gasteiger partial charge in [0.2, 0.25) is 0 Å². The van der Waals surface area contributed by atoms with E-state index in [2.05, 4.69) is 5.16 Å². The predicted octanol–water partition coefficient (Wildman–Crippen LogP) is 3.34. The van der Waals surface area contributed by atoms with Gasteiger partial charge < -0.3 is 14.0 Å². The second-order valence-electron chi connectivity index (χ2n) is 5.13. The summed E-state index contributed by atoms with van der Waals surface area (Å²) in [5, 5.41) is 12.6. The van der Waals surface area contributed by atoms with E-state index in [1.165, 1.54) is 0 Å². The standard InChI is InChI=1S/C19H14N2O4/c20-11-14-6-8-17(9-7-14)23-13-19(22)24-12-16-10-18(25-21-16)15-4-2-1-3-5-15/h1-10H,12-13H2. The molecule has 0 saturated carbocycles. The van der Waals surface area contributed by atoms with E-state index >= 15 is 0 Å². The van der Waals surface area contributed by atoms with Crippen molar-refractivity contribution in [1.29, 1.82) is 5.26 Å². The molecular formula is C19H14N2O4. The number of aromatic nitrogens is 1. The van der Waals surface area contributed by atoms with Crippen molar-refractivity contribution in [2.75, 3.05) is 6.61 Å². The van der Waals surface area contributed by atoms with Crippen LogP contribution in [0.2, 0.25) is 0 Å². The van der Waals surface area contributed by atoms with E-state index in [1.54, 1.807) is 30.3 Å². The van der Waals surface area contributed by atoms with Gasteiger partial charge in [0.25, 0.3) is 0 Å². The first-order chi connectivity index (χ1) is 12.2. The van der Waals surface area contributed by atoms with Gasteiger partial charge >= 0.3 is 5.97 Å². The molecule has 0 aliphatic rings. The van der Waals surface area contributed by atoms with Crippen molar-refractivity contribution < 1.29 is 18.8 Å². The van der Waals surface area contributed by atoms with Crippen LogP contribution in [0.4, 0.5) is 0 Å². The van der Waals surface area contributed by atoms with E-state index in [1.807, 2.05) is 36.4 Å². The average Bonchev–Trinajstić information content (AvgIpc) is 3.15. The summed E-state index contributed by atoms with van der Waals surface area (Å²) in [5.41, 5.74) is 1.94. The first-order valence-corrected chi connectivity index (χ1v) is 7.54. The highest BCUT2D eigenvalue weighted by molar-refractivity contribution is 5.71. The molecule has 124 valence electrons. The van der Waals surface area contributed by atoms with Crippen molar-refractivity contribution in [3.8, 4) is 23.1 Å². The number of rotatable bonds is 6. The second kappa shape index (κ2) is 7.79. The molecule has 0 fully saturated rings. The minimum Gasteiger partial charge on any atom is -0.482 e. The summed E-state index contributed by atoms with van der Waals surface area (Å²) >= 11 is 0. The van der Waals surface area contributed by atoms with Crippen LogP contribution in [0.3, 0.4) is 0 Å². The lowest BCUT2D eigenvalue weighted by atomic mass is 10.2. The van der Waals surface area contributed by atoms with Crippen LogP contribution in [0.5, 0.6) is 5.75 Å². The lowest BCUT2D eigenvalue weighted by Gasteiger charge is -2.05. The van der Waals surface area contributed by atoms with Crippen molar-refractivity contribution in [2.45, 2.75) is 6.61 Å². The largest absolute Gasteiger partial charge is 0.482 e. The van der Waals surface area contributed by atoms with Gasteiger partial charge in [-0.05, 0) is 24.3 Å². The number of nitrogens with zero attached hydrogens (tertiary/aromatic N) is 2. The molecule has 0 amide bonds. The lowest BCUT2D eigenvalue weighted by Crippen LogP contribution is -2.14. The number of esters is 1. The van der Waals surface area contributed by atoms with Crippen LogP contribution in [-0.2, 0) is 16.1 Å². The zero-order chi connectivity index (χ0) is 17.5. The third-order valence-corrected chi connectivity index (χ3v) is 3.34. The van der Waals surface area contributed by atoms with Gasteiger partial charge in [-0.25, -0.2) is 4.79 Å². The number of ether oxygens (including phenoxy) is 2. The fraction of sp³-hybridized carbons (Fsp3) is 0.105. The third-order valence-electron chi connectivity index (χ3n) is 3.34. The maximum Gasteiger partial charge on any atom is 0.344 e. The van der Waals surface area contributed by atoms with Crippen LogP contribution in [0.1, 0.15) is 11.3 Å². The van der Waals surface area contributed by atoms with Crippen LogP contribution in [0.25, 0.3) is 11.3 Å². The molecule has 0 unspecified atom stereocenters. The zero-order valence-electron chi connectivity index (χ0n) is 13.2. The van der Waals surface area contributed by atoms with Crippen LogP contribution >= 0.6 is 0 Å². The Bertz CT molecular complexity index is 880. The van der Waals surface area contributed by atoms with E-state index in [-0.39, 0.29) is 13.2 Å². The van der Waals surface area contributed by atoms with Gasteiger partial charge in [0.05, 0.1) is 11.6 Å².